The Morgan fingerprint density at radius 2 is 1.92 bits per heavy atom. The van der Waals surface area contributed by atoms with Crippen LogP contribution in [0.2, 0.25) is 0 Å². The molecule has 2 atom stereocenters. The van der Waals surface area contributed by atoms with Crippen molar-refractivity contribution in [3.05, 3.63) is 65.7 Å². The Hall–Kier alpha value is -2.93. The number of amides is 1. The van der Waals surface area contributed by atoms with E-state index in [1.165, 1.54) is 23.0 Å². The number of primary amides is 1. The molecule has 0 radical (unpaired) electrons. The van der Waals surface area contributed by atoms with Crippen LogP contribution < -0.4 is 11.5 Å². The van der Waals surface area contributed by atoms with E-state index in [1.807, 2.05) is 50.7 Å². The lowest BCUT2D eigenvalue weighted by Crippen LogP contribution is -2.35. The number of fused-ring (bicyclic) bond motifs is 2. The second kappa shape index (κ2) is 22.1. The van der Waals surface area contributed by atoms with Gasteiger partial charge >= 0.3 is 0 Å². The first kappa shape index (κ1) is 37.2. The Bertz CT molecular complexity index is 909. The number of carbonyl (C=O) groups is 1. The zero-order valence-corrected chi connectivity index (χ0v) is 24.8. The number of aliphatic hydroxyl groups is 1. The highest BCUT2D eigenvalue weighted by atomic mass is 19.1. The van der Waals surface area contributed by atoms with Crippen molar-refractivity contribution < 1.29 is 14.3 Å². The van der Waals surface area contributed by atoms with E-state index < -0.39 is 0 Å². The number of carbonyl (C=O) groups excluding carboxylic acids is 1. The molecule has 0 bridgehead atoms. The molecule has 5 N–H and O–H groups in total. The number of allylic oxidation sites excluding steroid dienone is 6. The molecule has 1 aromatic heterocycles. The predicted molar refractivity (Wildman–Crippen MR) is 162 cm³/mol. The van der Waals surface area contributed by atoms with Crippen LogP contribution in [-0.2, 0) is 11.2 Å². The average Bonchev–Trinajstić information content (AvgIpc) is 3.47. The van der Waals surface area contributed by atoms with E-state index in [-0.39, 0.29) is 24.6 Å². The third-order valence-corrected chi connectivity index (χ3v) is 6.43. The molecule has 0 aromatic carbocycles. The third kappa shape index (κ3) is 11.2. The smallest absolute Gasteiger partial charge is 0.204 e. The van der Waals surface area contributed by atoms with Gasteiger partial charge in [-0.05, 0) is 70.2 Å². The monoisotopic (exact) mass is 532 g/mol. The van der Waals surface area contributed by atoms with E-state index in [2.05, 4.69) is 56.1 Å². The Labute approximate surface area is 231 Å². The molecule has 7 heteroatoms. The molecule has 1 amide bonds. The summed E-state index contributed by atoms with van der Waals surface area (Å²) in [5, 5.41) is 15.0. The summed E-state index contributed by atoms with van der Waals surface area (Å²) in [6, 6.07) is 0. The van der Waals surface area contributed by atoms with E-state index in [4.69, 9.17) is 4.79 Å². The number of halogens is 1. The molecule has 2 aliphatic carbocycles. The fourth-order valence-electron chi connectivity index (χ4n) is 4.63. The van der Waals surface area contributed by atoms with Crippen LogP contribution in [0.25, 0.3) is 11.8 Å². The van der Waals surface area contributed by atoms with E-state index in [1.54, 1.807) is 6.08 Å². The highest BCUT2D eigenvalue weighted by molar-refractivity contribution is 5.63. The fraction of sp³-hybridized carbons (Fsp3) is 0.548. The van der Waals surface area contributed by atoms with Gasteiger partial charge in [-0.25, -0.2) is 9.07 Å². The summed E-state index contributed by atoms with van der Waals surface area (Å²) in [6.45, 7) is 17.2. The van der Waals surface area contributed by atoms with Crippen LogP contribution >= 0.6 is 0 Å². The summed E-state index contributed by atoms with van der Waals surface area (Å²) < 4.78 is 13.8. The Kier molecular flexibility index (Phi) is 21.6. The second-order valence-corrected chi connectivity index (χ2v) is 8.67. The normalized spacial score (nSPS) is 19.5. The van der Waals surface area contributed by atoms with Crippen LogP contribution in [0.4, 0.5) is 4.39 Å². The summed E-state index contributed by atoms with van der Waals surface area (Å²) >= 11 is 0. The first-order valence-electron chi connectivity index (χ1n) is 13.8. The number of hydrogen-bond donors (Lipinski definition) is 3. The summed E-state index contributed by atoms with van der Waals surface area (Å²) in [5.74, 6) is 0. The van der Waals surface area contributed by atoms with Crippen LogP contribution in [0, 0.1) is 5.41 Å². The first-order chi connectivity index (χ1) is 18.3. The molecule has 38 heavy (non-hydrogen) atoms. The van der Waals surface area contributed by atoms with Crippen LogP contribution in [0.1, 0.15) is 98.2 Å². The molecule has 1 saturated carbocycles. The second-order valence-electron chi connectivity index (χ2n) is 8.67. The van der Waals surface area contributed by atoms with Gasteiger partial charge in [0.25, 0.3) is 0 Å². The highest BCUT2D eigenvalue weighted by Crippen LogP contribution is 2.52. The maximum Gasteiger partial charge on any atom is 0.204 e. The van der Waals surface area contributed by atoms with Crippen LogP contribution in [0.15, 0.2) is 54.4 Å². The molecular weight excluding hydrogens is 479 g/mol. The number of nitrogens with two attached hydrogens (primary N) is 2. The third-order valence-electron chi connectivity index (χ3n) is 6.43. The largest absolute Gasteiger partial charge is 0.405 e. The summed E-state index contributed by atoms with van der Waals surface area (Å²) in [6.07, 6.45) is 20.3. The Morgan fingerprint density at radius 3 is 2.39 bits per heavy atom. The molecule has 2 aliphatic rings. The van der Waals surface area contributed by atoms with Gasteiger partial charge in [-0.1, -0.05) is 83.1 Å². The van der Waals surface area contributed by atoms with Gasteiger partial charge in [0.15, 0.2) is 0 Å². The molecule has 0 aliphatic heterocycles. The molecule has 6 nitrogen and oxygen atoms in total. The topological polar surface area (TPSA) is 107 Å². The standard InChI is InChI=1S/C17H24N2O.C9H15F.C2H5N.C2H6.CH3NO/c1-4-8-17-10-13-11-18-19(12(3)5-2)15(13)9-14(17)6-7-16(17)20;1-3-5-6-9(4-2)7-8-10;1-2-3;1-2;2-1-3/h5,9,11,16,20H,4,6-8,10H2,1-3H3;5-7H,3-4,8H2,1-2H3;2H,1,3H2;1-2H3;1H,(H2,2,3)/b12-5+;6-5-,9-7-;;;. The van der Waals surface area contributed by atoms with Crippen molar-refractivity contribution in [2.24, 2.45) is 16.9 Å². The van der Waals surface area contributed by atoms with Crippen molar-refractivity contribution in [3.63, 3.8) is 0 Å². The maximum absolute atomic E-state index is 11.7. The first-order valence-corrected chi connectivity index (χ1v) is 13.8. The molecule has 1 heterocycles. The lowest BCUT2D eigenvalue weighted by molar-refractivity contribution is -0.106. The minimum atomic E-state index is -0.350. The van der Waals surface area contributed by atoms with Gasteiger partial charge in [-0.15, -0.1) is 0 Å². The van der Waals surface area contributed by atoms with Crippen LogP contribution in [-0.4, -0.2) is 34.1 Å². The van der Waals surface area contributed by atoms with Crippen LogP contribution in [0.5, 0.6) is 0 Å². The molecule has 216 valence electrons. The number of alkyl halides is 1. The molecule has 1 fully saturated rings. The number of hydrogen-bond acceptors (Lipinski definition) is 4. The average molecular weight is 533 g/mol. The van der Waals surface area contributed by atoms with Crippen molar-refractivity contribution in [2.75, 3.05) is 6.67 Å². The lowest BCUT2D eigenvalue weighted by atomic mass is 9.69. The zero-order valence-electron chi connectivity index (χ0n) is 24.8. The maximum atomic E-state index is 11.7. The molecule has 0 spiro atoms. The fourth-order valence-corrected chi connectivity index (χ4v) is 4.63. The minimum absolute atomic E-state index is 0.0144. The van der Waals surface area contributed by atoms with Crippen molar-refractivity contribution >= 4 is 18.2 Å². The number of aromatic nitrogens is 2. The van der Waals surface area contributed by atoms with Crippen LogP contribution in [0.3, 0.4) is 0 Å². The van der Waals surface area contributed by atoms with Gasteiger partial charge in [0.1, 0.15) is 6.67 Å². The van der Waals surface area contributed by atoms with Crippen molar-refractivity contribution in [1.82, 2.24) is 9.78 Å². The van der Waals surface area contributed by atoms with Crippen molar-refractivity contribution in [3.8, 4) is 0 Å². The number of rotatable bonds is 7. The highest BCUT2D eigenvalue weighted by Gasteiger charge is 2.47. The van der Waals surface area contributed by atoms with E-state index in [0.29, 0.717) is 0 Å². The SMILES string of the molecule is C/C=C(\C)n1ncc2c1C=C1CCC(O)C1(CCC)C2.C=CN.CC.CC/C=C\C(=C/CF)CC.NC=O. The summed E-state index contributed by atoms with van der Waals surface area (Å²) in [5.41, 5.74) is 14.9. The van der Waals surface area contributed by atoms with E-state index >= 15 is 0 Å². The molecule has 1 aromatic rings. The van der Waals surface area contributed by atoms with Crippen molar-refractivity contribution in [2.45, 2.75) is 99.5 Å². The summed E-state index contributed by atoms with van der Waals surface area (Å²) in [7, 11) is 0. The molecule has 3 rings (SSSR count). The molecule has 0 saturated heterocycles. The van der Waals surface area contributed by atoms with Crippen molar-refractivity contribution in [1.29, 1.82) is 0 Å². The molecular formula is C31H53FN4O2. The number of aliphatic hydroxyl groups excluding tert-OH is 1. The van der Waals surface area contributed by atoms with E-state index in [0.717, 1.165) is 56.2 Å². The van der Waals surface area contributed by atoms with Gasteiger partial charge < -0.3 is 16.6 Å². The van der Waals surface area contributed by atoms with Gasteiger partial charge in [-0.3, -0.25) is 4.79 Å². The predicted octanol–water partition coefficient (Wildman–Crippen LogP) is 7.12. The number of nitrogens with zero attached hydrogens (tertiary/aromatic N) is 2. The zero-order chi connectivity index (χ0) is 29.6. The van der Waals surface area contributed by atoms with Gasteiger partial charge in [0, 0.05) is 11.1 Å². The van der Waals surface area contributed by atoms with Gasteiger partial charge in [-0.2, -0.15) is 5.10 Å². The van der Waals surface area contributed by atoms with E-state index in [9.17, 15) is 9.50 Å². The Morgan fingerprint density at radius 1 is 1.32 bits per heavy atom. The minimum Gasteiger partial charge on any atom is -0.405 e. The quantitative estimate of drug-likeness (QED) is 0.257. The Balaban J connectivity index is 0. The van der Waals surface area contributed by atoms with Gasteiger partial charge in [0.2, 0.25) is 6.41 Å². The summed E-state index contributed by atoms with van der Waals surface area (Å²) in [4.78, 5) is 8.58. The van der Waals surface area contributed by atoms with Gasteiger partial charge in [0.05, 0.1) is 18.0 Å². The lowest BCUT2D eigenvalue weighted by Gasteiger charge is -2.37. The molecule has 2 unspecified atom stereocenters.